The Morgan fingerprint density at radius 2 is 2.05 bits per heavy atom. The van der Waals surface area contributed by atoms with E-state index in [1.54, 1.807) is 0 Å². The SMILES string of the molecule is C#CCOC(C(=C)C(=O)OC)c1ccc(CC)cc1. The summed E-state index contributed by atoms with van der Waals surface area (Å²) in [6.07, 6.45) is 5.57. The molecule has 1 aromatic rings. The lowest BCUT2D eigenvalue weighted by molar-refractivity contribution is -0.137. The van der Waals surface area contributed by atoms with Gasteiger partial charge in [0, 0.05) is 0 Å². The van der Waals surface area contributed by atoms with E-state index >= 15 is 0 Å². The van der Waals surface area contributed by atoms with Crippen molar-refractivity contribution in [2.75, 3.05) is 13.7 Å². The highest BCUT2D eigenvalue weighted by Gasteiger charge is 2.22. The second kappa shape index (κ2) is 7.40. The maximum atomic E-state index is 11.6. The van der Waals surface area contributed by atoms with Crippen LogP contribution in [0.15, 0.2) is 36.4 Å². The Kier molecular flexibility index (Phi) is 5.84. The van der Waals surface area contributed by atoms with E-state index in [0.717, 1.165) is 12.0 Å². The number of hydrogen-bond acceptors (Lipinski definition) is 3. The third-order valence-electron chi connectivity index (χ3n) is 2.79. The summed E-state index contributed by atoms with van der Waals surface area (Å²) in [6.45, 7) is 5.91. The maximum Gasteiger partial charge on any atom is 0.336 e. The van der Waals surface area contributed by atoms with Crippen LogP contribution in [0.2, 0.25) is 0 Å². The molecular formula is C16H18O3. The molecule has 0 aliphatic heterocycles. The van der Waals surface area contributed by atoms with Crippen molar-refractivity contribution in [3.63, 3.8) is 0 Å². The molecule has 0 bridgehead atoms. The normalized spacial score (nSPS) is 11.4. The predicted molar refractivity (Wildman–Crippen MR) is 74.5 cm³/mol. The fourth-order valence-corrected chi connectivity index (χ4v) is 1.70. The highest BCUT2D eigenvalue weighted by molar-refractivity contribution is 5.89. The molecule has 0 saturated carbocycles. The van der Waals surface area contributed by atoms with E-state index in [4.69, 9.17) is 11.2 Å². The van der Waals surface area contributed by atoms with Gasteiger partial charge in [0.1, 0.15) is 12.7 Å². The van der Waals surface area contributed by atoms with Crippen molar-refractivity contribution in [1.82, 2.24) is 0 Å². The Bertz CT molecular complexity index is 480. The van der Waals surface area contributed by atoms with Gasteiger partial charge in [-0.15, -0.1) is 6.42 Å². The lowest BCUT2D eigenvalue weighted by Gasteiger charge is -2.18. The first kappa shape index (κ1) is 15.0. The number of carbonyl (C=O) groups is 1. The zero-order chi connectivity index (χ0) is 14.3. The number of hydrogen-bond donors (Lipinski definition) is 0. The zero-order valence-corrected chi connectivity index (χ0v) is 11.3. The van der Waals surface area contributed by atoms with Gasteiger partial charge in [-0.25, -0.2) is 4.79 Å². The topological polar surface area (TPSA) is 35.5 Å². The fraction of sp³-hybridized carbons (Fsp3) is 0.312. The second-order valence-corrected chi connectivity index (χ2v) is 4.01. The minimum atomic E-state index is -0.575. The molecule has 1 aromatic carbocycles. The Balaban J connectivity index is 2.98. The smallest absolute Gasteiger partial charge is 0.336 e. The first-order chi connectivity index (χ1) is 9.13. The third kappa shape index (κ3) is 3.97. The highest BCUT2D eigenvalue weighted by Crippen LogP contribution is 2.26. The number of aryl methyl sites for hydroxylation is 1. The molecule has 0 aliphatic carbocycles. The number of benzene rings is 1. The van der Waals surface area contributed by atoms with Crippen LogP contribution < -0.4 is 0 Å². The molecule has 0 saturated heterocycles. The van der Waals surface area contributed by atoms with E-state index in [1.807, 2.05) is 24.3 Å². The van der Waals surface area contributed by atoms with E-state index < -0.39 is 12.1 Å². The summed E-state index contributed by atoms with van der Waals surface area (Å²) in [5.41, 5.74) is 2.29. The second-order valence-electron chi connectivity index (χ2n) is 4.01. The molecule has 0 aliphatic rings. The lowest BCUT2D eigenvalue weighted by Crippen LogP contribution is -2.15. The van der Waals surface area contributed by atoms with Crippen LogP contribution >= 0.6 is 0 Å². The molecule has 1 rings (SSSR count). The summed E-state index contributed by atoms with van der Waals surface area (Å²) in [4.78, 5) is 11.6. The Morgan fingerprint density at radius 3 is 2.53 bits per heavy atom. The summed E-state index contributed by atoms with van der Waals surface area (Å²) in [5.74, 6) is 1.89. The van der Waals surface area contributed by atoms with Gasteiger partial charge in [0.05, 0.1) is 12.7 Å². The van der Waals surface area contributed by atoms with Gasteiger partial charge in [-0.3, -0.25) is 0 Å². The van der Waals surface area contributed by atoms with Gasteiger partial charge in [0.2, 0.25) is 0 Å². The van der Waals surface area contributed by atoms with Crippen LogP contribution in [-0.4, -0.2) is 19.7 Å². The molecule has 1 atom stereocenters. The van der Waals surface area contributed by atoms with E-state index in [2.05, 4.69) is 24.2 Å². The molecular weight excluding hydrogens is 240 g/mol. The van der Waals surface area contributed by atoms with Gasteiger partial charge in [-0.1, -0.05) is 43.7 Å². The highest BCUT2D eigenvalue weighted by atomic mass is 16.5. The summed E-state index contributed by atoms with van der Waals surface area (Å²) in [6, 6.07) is 7.81. The Hall–Kier alpha value is -2.05. The van der Waals surface area contributed by atoms with Crippen molar-refractivity contribution in [2.24, 2.45) is 0 Å². The summed E-state index contributed by atoms with van der Waals surface area (Å²) < 4.78 is 10.2. The molecule has 0 radical (unpaired) electrons. The molecule has 0 fully saturated rings. The van der Waals surface area contributed by atoms with Crippen LogP contribution in [0.1, 0.15) is 24.2 Å². The number of carbonyl (C=O) groups excluding carboxylic acids is 1. The van der Waals surface area contributed by atoms with Crippen molar-refractivity contribution in [1.29, 1.82) is 0 Å². The quantitative estimate of drug-likeness (QED) is 0.447. The first-order valence-corrected chi connectivity index (χ1v) is 6.05. The van der Waals surface area contributed by atoms with Crippen LogP contribution in [0.4, 0.5) is 0 Å². The van der Waals surface area contributed by atoms with E-state index in [9.17, 15) is 4.79 Å². The van der Waals surface area contributed by atoms with Crippen LogP contribution in [0.3, 0.4) is 0 Å². The number of rotatable bonds is 6. The molecule has 1 unspecified atom stereocenters. The first-order valence-electron chi connectivity index (χ1n) is 6.05. The zero-order valence-electron chi connectivity index (χ0n) is 11.3. The van der Waals surface area contributed by atoms with Crippen molar-refractivity contribution in [3.05, 3.63) is 47.5 Å². The molecule has 3 nitrogen and oxygen atoms in total. The van der Waals surface area contributed by atoms with E-state index in [-0.39, 0.29) is 12.2 Å². The minimum absolute atomic E-state index is 0.107. The molecule has 19 heavy (non-hydrogen) atoms. The number of ether oxygens (including phenoxy) is 2. The van der Waals surface area contributed by atoms with Crippen molar-refractivity contribution >= 4 is 5.97 Å². The van der Waals surface area contributed by atoms with Gasteiger partial charge in [0.25, 0.3) is 0 Å². The van der Waals surface area contributed by atoms with Gasteiger partial charge in [-0.2, -0.15) is 0 Å². The summed E-state index contributed by atoms with van der Waals surface area (Å²) >= 11 is 0. The summed E-state index contributed by atoms with van der Waals surface area (Å²) in [5, 5.41) is 0. The Labute approximate surface area is 114 Å². The number of terminal acetylenes is 1. The minimum Gasteiger partial charge on any atom is -0.466 e. The fourth-order valence-electron chi connectivity index (χ4n) is 1.70. The van der Waals surface area contributed by atoms with E-state index in [1.165, 1.54) is 12.7 Å². The molecule has 3 heteroatoms. The van der Waals surface area contributed by atoms with Gasteiger partial charge in [0.15, 0.2) is 0 Å². The molecule has 100 valence electrons. The van der Waals surface area contributed by atoms with Crippen LogP contribution in [0.25, 0.3) is 0 Å². The molecule has 0 amide bonds. The average Bonchev–Trinajstić information content (AvgIpc) is 2.47. The average molecular weight is 258 g/mol. The van der Waals surface area contributed by atoms with Crippen LogP contribution in [0.5, 0.6) is 0 Å². The van der Waals surface area contributed by atoms with Gasteiger partial charge in [-0.05, 0) is 17.5 Å². The predicted octanol–water partition coefficient (Wildman–Crippen LogP) is 2.67. The van der Waals surface area contributed by atoms with Crippen LogP contribution in [0, 0.1) is 12.3 Å². The van der Waals surface area contributed by atoms with Crippen molar-refractivity contribution in [3.8, 4) is 12.3 Å². The Morgan fingerprint density at radius 1 is 1.42 bits per heavy atom. The summed E-state index contributed by atoms with van der Waals surface area (Å²) in [7, 11) is 1.31. The number of esters is 1. The standard InChI is InChI=1S/C16H18O3/c1-5-11-19-15(12(3)16(17)18-4)14-9-7-13(6-2)8-10-14/h1,7-10,15H,3,6,11H2,2,4H3. The molecule has 0 aromatic heterocycles. The third-order valence-corrected chi connectivity index (χ3v) is 2.79. The molecule has 0 spiro atoms. The maximum absolute atomic E-state index is 11.6. The van der Waals surface area contributed by atoms with Crippen molar-refractivity contribution in [2.45, 2.75) is 19.4 Å². The monoisotopic (exact) mass is 258 g/mol. The number of methoxy groups -OCH3 is 1. The molecule has 0 N–H and O–H groups in total. The lowest BCUT2D eigenvalue weighted by atomic mass is 10.0. The largest absolute Gasteiger partial charge is 0.466 e. The molecule has 0 heterocycles. The van der Waals surface area contributed by atoms with Gasteiger partial charge >= 0.3 is 5.97 Å². The van der Waals surface area contributed by atoms with E-state index in [0.29, 0.717) is 0 Å². The van der Waals surface area contributed by atoms with Gasteiger partial charge < -0.3 is 9.47 Å². The van der Waals surface area contributed by atoms with Crippen molar-refractivity contribution < 1.29 is 14.3 Å². The van der Waals surface area contributed by atoms with Crippen LogP contribution in [-0.2, 0) is 20.7 Å².